The van der Waals surface area contributed by atoms with Crippen molar-refractivity contribution in [1.29, 1.82) is 0 Å². The molecule has 3 rings (SSSR count). The van der Waals surface area contributed by atoms with Crippen molar-refractivity contribution < 1.29 is 33.3 Å². The van der Waals surface area contributed by atoms with Gasteiger partial charge in [0.1, 0.15) is 6.61 Å². The van der Waals surface area contributed by atoms with Gasteiger partial charge in [0.25, 0.3) is 0 Å². The fourth-order valence-corrected chi connectivity index (χ4v) is 2.68. The summed E-state index contributed by atoms with van der Waals surface area (Å²) >= 11 is 0. The highest BCUT2D eigenvalue weighted by atomic mass is 16.6. The third-order valence-electron chi connectivity index (χ3n) is 4.03. The normalized spacial score (nSPS) is 15.1. The molecule has 0 bridgehead atoms. The van der Waals surface area contributed by atoms with E-state index in [1.807, 2.05) is 30.3 Å². The number of methoxy groups -OCH3 is 2. The van der Waals surface area contributed by atoms with E-state index < -0.39 is 11.9 Å². The third-order valence-corrected chi connectivity index (χ3v) is 4.03. The third kappa shape index (κ3) is 4.38. The number of esters is 2. The summed E-state index contributed by atoms with van der Waals surface area (Å²) in [6.45, 7) is 1.04. The lowest BCUT2D eigenvalue weighted by molar-refractivity contribution is 0.00251. The summed E-state index contributed by atoms with van der Waals surface area (Å²) in [4.78, 5) is 23.9. The van der Waals surface area contributed by atoms with E-state index in [1.54, 1.807) is 0 Å². The van der Waals surface area contributed by atoms with E-state index in [9.17, 15) is 9.59 Å². The van der Waals surface area contributed by atoms with Crippen molar-refractivity contribution >= 4 is 11.9 Å². The van der Waals surface area contributed by atoms with E-state index in [4.69, 9.17) is 23.7 Å². The Hall–Kier alpha value is -3.06. The van der Waals surface area contributed by atoms with Crippen molar-refractivity contribution in [2.75, 3.05) is 27.4 Å². The summed E-state index contributed by atoms with van der Waals surface area (Å²) in [5, 5.41) is 0. The van der Waals surface area contributed by atoms with Gasteiger partial charge in [-0.2, -0.15) is 0 Å². The number of rotatable bonds is 6. The van der Waals surface area contributed by atoms with Gasteiger partial charge in [-0.15, -0.1) is 0 Å². The molecule has 7 heteroatoms. The van der Waals surface area contributed by atoms with Crippen molar-refractivity contribution in [3.05, 3.63) is 59.2 Å². The van der Waals surface area contributed by atoms with Gasteiger partial charge in [0.2, 0.25) is 0 Å². The Kier molecular flexibility index (Phi) is 5.93. The van der Waals surface area contributed by atoms with Crippen LogP contribution < -0.4 is 9.47 Å². The summed E-state index contributed by atoms with van der Waals surface area (Å²) in [5.41, 5.74) is 1.17. The summed E-state index contributed by atoms with van der Waals surface area (Å²) in [6, 6.07) is 12.6. The van der Waals surface area contributed by atoms with Crippen molar-refractivity contribution in [3.8, 4) is 11.5 Å². The smallest absolute Gasteiger partial charge is 0.338 e. The van der Waals surface area contributed by atoms with Crippen LogP contribution in [0.15, 0.2) is 42.5 Å². The molecule has 0 spiro atoms. The zero-order chi connectivity index (χ0) is 19.2. The maximum Gasteiger partial charge on any atom is 0.338 e. The molecule has 0 radical (unpaired) electrons. The van der Waals surface area contributed by atoms with E-state index in [-0.39, 0.29) is 23.8 Å². The predicted octanol–water partition coefficient (Wildman–Crippen LogP) is 2.62. The molecule has 1 aliphatic heterocycles. The molecule has 27 heavy (non-hydrogen) atoms. The van der Waals surface area contributed by atoms with Gasteiger partial charge in [0.05, 0.1) is 38.6 Å². The average molecular weight is 372 g/mol. The quantitative estimate of drug-likeness (QED) is 0.721. The fraction of sp³-hybridized carbons (Fsp3) is 0.300. The minimum Gasteiger partial charge on any atom is -0.486 e. The summed E-state index contributed by atoms with van der Waals surface area (Å²) in [7, 11) is 2.47. The highest BCUT2D eigenvalue weighted by Crippen LogP contribution is 2.35. The van der Waals surface area contributed by atoms with E-state index in [0.717, 1.165) is 5.56 Å². The fourth-order valence-electron chi connectivity index (χ4n) is 2.68. The second kappa shape index (κ2) is 8.55. The molecule has 0 N–H and O–H groups in total. The Morgan fingerprint density at radius 2 is 1.63 bits per heavy atom. The predicted molar refractivity (Wildman–Crippen MR) is 95.1 cm³/mol. The Morgan fingerprint density at radius 3 is 2.26 bits per heavy atom. The first kappa shape index (κ1) is 18.7. The maximum atomic E-state index is 12.0. The Morgan fingerprint density at radius 1 is 1.00 bits per heavy atom. The van der Waals surface area contributed by atoms with Crippen LogP contribution in [0, 0.1) is 0 Å². The monoisotopic (exact) mass is 372 g/mol. The van der Waals surface area contributed by atoms with Gasteiger partial charge in [-0.05, 0) is 17.7 Å². The number of benzene rings is 2. The molecule has 0 amide bonds. The van der Waals surface area contributed by atoms with Crippen LogP contribution in [0.2, 0.25) is 0 Å². The van der Waals surface area contributed by atoms with Crippen molar-refractivity contribution in [1.82, 2.24) is 0 Å². The second-order valence-electron chi connectivity index (χ2n) is 5.88. The first-order valence-corrected chi connectivity index (χ1v) is 8.38. The molecule has 2 aromatic rings. The molecule has 0 aromatic heterocycles. The Bertz CT molecular complexity index is 817. The van der Waals surface area contributed by atoms with Gasteiger partial charge in [0.15, 0.2) is 17.6 Å². The van der Waals surface area contributed by atoms with Crippen molar-refractivity contribution in [2.45, 2.75) is 12.7 Å². The standard InChI is InChI=1S/C20H20O7/c1-23-19(21)15-8-17-18(9-16(15)20(22)24-2)27-14(12-26-17)11-25-10-13-6-4-3-5-7-13/h3-9,14H,10-12H2,1-2H3. The summed E-state index contributed by atoms with van der Waals surface area (Å²) in [6.07, 6.45) is -0.337. The lowest BCUT2D eigenvalue weighted by atomic mass is 10.1. The topological polar surface area (TPSA) is 80.3 Å². The van der Waals surface area contributed by atoms with Crippen LogP contribution >= 0.6 is 0 Å². The number of fused-ring (bicyclic) bond motifs is 1. The maximum absolute atomic E-state index is 12.0. The van der Waals surface area contributed by atoms with Gasteiger partial charge in [-0.25, -0.2) is 9.59 Å². The van der Waals surface area contributed by atoms with E-state index >= 15 is 0 Å². The molecule has 0 aliphatic carbocycles. The molecule has 1 unspecified atom stereocenters. The molecular weight excluding hydrogens is 352 g/mol. The van der Waals surface area contributed by atoms with Gasteiger partial charge >= 0.3 is 11.9 Å². The number of carbonyl (C=O) groups excluding carboxylic acids is 2. The summed E-state index contributed by atoms with van der Waals surface area (Å²) < 4.78 is 26.7. The first-order chi connectivity index (χ1) is 13.1. The molecular formula is C20H20O7. The van der Waals surface area contributed by atoms with E-state index in [2.05, 4.69) is 0 Å². The Balaban J connectivity index is 1.71. The minimum atomic E-state index is -0.663. The molecule has 7 nitrogen and oxygen atoms in total. The van der Waals surface area contributed by atoms with Gasteiger partial charge in [-0.1, -0.05) is 30.3 Å². The Labute approximate surface area is 156 Å². The van der Waals surface area contributed by atoms with E-state index in [1.165, 1.54) is 26.4 Å². The van der Waals surface area contributed by atoms with Crippen LogP contribution in [0.4, 0.5) is 0 Å². The molecule has 0 saturated heterocycles. The number of ether oxygens (including phenoxy) is 5. The zero-order valence-electron chi connectivity index (χ0n) is 15.1. The van der Waals surface area contributed by atoms with Crippen molar-refractivity contribution in [3.63, 3.8) is 0 Å². The number of carbonyl (C=O) groups is 2. The van der Waals surface area contributed by atoms with Crippen LogP contribution in [0.1, 0.15) is 26.3 Å². The molecule has 1 heterocycles. The lowest BCUT2D eigenvalue weighted by Gasteiger charge is -2.27. The van der Waals surface area contributed by atoms with Gasteiger partial charge in [0, 0.05) is 0 Å². The van der Waals surface area contributed by atoms with Crippen LogP contribution in [0.5, 0.6) is 11.5 Å². The second-order valence-corrected chi connectivity index (χ2v) is 5.88. The molecule has 1 aliphatic rings. The minimum absolute atomic E-state index is 0.0533. The molecule has 142 valence electrons. The molecule has 2 aromatic carbocycles. The molecule has 1 atom stereocenters. The number of hydrogen-bond acceptors (Lipinski definition) is 7. The first-order valence-electron chi connectivity index (χ1n) is 8.38. The van der Waals surface area contributed by atoms with Crippen LogP contribution in [-0.2, 0) is 20.8 Å². The van der Waals surface area contributed by atoms with Crippen molar-refractivity contribution in [2.24, 2.45) is 0 Å². The van der Waals surface area contributed by atoms with Crippen LogP contribution in [-0.4, -0.2) is 45.5 Å². The van der Waals surface area contributed by atoms with Crippen LogP contribution in [0.3, 0.4) is 0 Å². The lowest BCUT2D eigenvalue weighted by Crippen LogP contribution is -2.33. The van der Waals surface area contributed by atoms with Crippen LogP contribution in [0.25, 0.3) is 0 Å². The van der Waals surface area contributed by atoms with Gasteiger partial charge < -0.3 is 23.7 Å². The largest absolute Gasteiger partial charge is 0.486 e. The highest BCUT2D eigenvalue weighted by Gasteiger charge is 2.27. The molecule has 0 fully saturated rings. The van der Waals surface area contributed by atoms with Gasteiger partial charge in [-0.3, -0.25) is 0 Å². The highest BCUT2D eigenvalue weighted by molar-refractivity contribution is 6.04. The SMILES string of the molecule is COC(=O)c1cc2c(cc1C(=O)OC)OC(COCc1ccccc1)CO2. The average Bonchev–Trinajstić information content (AvgIpc) is 2.72. The van der Waals surface area contributed by atoms with E-state index in [0.29, 0.717) is 24.7 Å². The number of hydrogen-bond donors (Lipinski definition) is 0. The molecule has 0 saturated carbocycles. The summed E-state index contributed by atoms with van der Waals surface area (Å²) in [5.74, 6) is -0.607. The zero-order valence-corrected chi connectivity index (χ0v) is 15.1.